The quantitative estimate of drug-likeness (QED) is 0.632. The Morgan fingerprint density at radius 2 is 2.28 bits per heavy atom. The van der Waals surface area contributed by atoms with Gasteiger partial charge in [0.2, 0.25) is 0 Å². The van der Waals surface area contributed by atoms with Gasteiger partial charge in [-0.15, -0.1) is 0 Å². The number of anilines is 1. The lowest BCUT2D eigenvalue weighted by atomic mass is 10.2. The number of hydrogen-bond acceptors (Lipinski definition) is 5. The van der Waals surface area contributed by atoms with E-state index < -0.39 is 5.60 Å². The molecule has 18 heavy (non-hydrogen) atoms. The van der Waals surface area contributed by atoms with Crippen molar-refractivity contribution < 1.29 is 9.53 Å². The molecule has 0 aromatic carbocycles. The zero-order valence-electron chi connectivity index (χ0n) is 11.2. The summed E-state index contributed by atoms with van der Waals surface area (Å²) in [6, 6.07) is 1.77. The summed E-state index contributed by atoms with van der Waals surface area (Å²) in [7, 11) is 0. The maximum atomic E-state index is 11.4. The third-order valence-electron chi connectivity index (χ3n) is 1.98. The molecule has 0 unspecified atom stereocenters. The van der Waals surface area contributed by atoms with E-state index in [0.29, 0.717) is 11.6 Å². The molecular formula is C12H21N3O2S. The molecular weight excluding hydrogens is 250 g/mol. The predicted octanol–water partition coefficient (Wildman–Crippen LogP) is 1.93. The molecule has 0 spiro atoms. The molecule has 1 heterocycles. The number of nitrogens with two attached hydrogens (primary N) is 1. The van der Waals surface area contributed by atoms with E-state index in [-0.39, 0.29) is 5.97 Å². The molecule has 5 nitrogen and oxygen atoms in total. The largest absolute Gasteiger partial charge is 0.459 e. The minimum absolute atomic E-state index is 0.157. The van der Waals surface area contributed by atoms with Gasteiger partial charge >= 0.3 is 5.97 Å². The Balaban J connectivity index is 2.07. The molecule has 1 aromatic heterocycles. The Labute approximate surface area is 112 Å². The first kappa shape index (κ1) is 14.9. The van der Waals surface area contributed by atoms with E-state index in [9.17, 15) is 4.79 Å². The molecule has 0 fully saturated rings. The molecule has 1 aromatic rings. The first-order valence-electron chi connectivity index (χ1n) is 5.95. The van der Waals surface area contributed by atoms with E-state index in [0.717, 1.165) is 18.7 Å². The van der Waals surface area contributed by atoms with E-state index >= 15 is 0 Å². The lowest BCUT2D eigenvalue weighted by molar-refractivity contribution is -0.151. The van der Waals surface area contributed by atoms with Crippen LogP contribution >= 0.6 is 11.8 Å². The molecule has 1 rings (SSSR count). The van der Waals surface area contributed by atoms with Gasteiger partial charge in [-0.2, -0.15) is 16.9 Å². The molecule has 0 bridgehead atoms. The molecule has 0 amide bonds. The lowest BCUT2D eigenvalue weighted by Gasteiger charge is -2.19. The SMILES string of the molecule is CC(C)(C)OC(=O)CSCCCn1ccc(N)n1. The highest BCUT2D eigenvalue weighted by atomic mass is 32.2. The zero-order chi connectivity index (χ0) is 13.6. The highest BCUT2D eigenvalue weighted by Gasteiger charge is 2.15. The van der Waals surface area contributed by atoms with Crippen molar-refractivity contribution in [1.82, 2.24) is 9.78 Å². The van der Waals surface area contributed by atoms with Gasteiger partial charge in [-0.3, -0.25) is 9.48 Å². The van der Waals surface area contributed by atoms with Crippen LogP contribution in [0.4, 0.5) is 5.82 Å². The van der Waals surface area contributed by atoms with Crippen molar-refractivity contribution in [3.8, 4) is 0 Å². The highest BCUT2D eigenvalue weighted by molar-refractivity contribution is 7.99. The molecule has 0 aliphatic rings. The summed E-state index contributed by atoms with van der Waals surface area (Å²) in [5.41, 5.74) is 5.11. The second kappa shape index (κ2) is 6.68. The number of aryl methyl sites for hydroxylation is 1. The van der Waals surface area contributed by atoms with Gasteiger partial charge in [0.25, 0.3) is 0 Å². The van der Waals surface area contributed by atoms with Gasteiger partial charge in [-0.05, 0) is 39.0 Å². The molecule has 0 atom stereocenters. The Morgan fingerprint density at radius 1 is 1.56 bits per heavy atom. The van der Waals surface area contributed by atoms with Crippen LogP contribution in [0.5, 0.6) is 0 Å². The Hall–Kier alpha value is -1.17. The van der Waals surface area contributed by atoms with Crippen LogP contribution in [0.2, 0.25) is 0 Å². The topological polar surface area (TPSA) is 70.1 Å². The molecule has 0 aliphatic heterocycles. The van der Waals surface area contributed by atoms with Crippen LogP contribution in [0, 0.1) is 0 Å². The fraction of sp³-hybridized carbons (Fsp3) is 0.667. The van der Waals surface area contributed by atoms with Crippen LogP contribution in [0.1, 0.15) is 27.2 Å². The summed E-state index contributed by atoms with van der Waals surface area (Å²) >= 11 is 1.58. The normalized spacial score (nSPS) is 11.5. The van der Waals surface area contributed by atoms with Crippen LogP contribution in [0.15, 0.2) is 12.3 Å². The summed E-state index contributed by atoms with van der Waals surface area (Å²) < 4.78 is 7.02. The van der Waals surface area contributed by atoms with E-state index in [2.05, 4.69) is 5.10 Å². The van der Waals surface area contributed by atoms with Crippen molar-refractivity contribution in [3.05, 3.63) is 12.3 Å². The molecule has 0 saturated heterocycles. The molecule has 2 N–H and O–H groups in total. The minimum atomic E-state index is -0.399. The Bertz CT molecular complexity index is 385. The number of hydrogen-bond donors (Lipinski definition) is 1. The van der Waals surface area contributed by atoms with E-state index in [1.807, 2.05) is 31.6 Å². The molecule has 0 saturated carbocycles. The number of carbonyl (C=O) groups is 1. The van der Waals surface area contributed by atoms with Gasteiger partial charge in [-0.1, -0.05) is 0 Å². The monoisotopic (exact) mass is 271 g/mol. The van der Waals surface area contributed by atoms with Crippen molar-refractivity contribution in [1.29, 1.82) is 0 Å². The van der Waals surface area contributed by atoms with Crippen molar-refractivity contribution in [2.75, 3.05) is 17.2 Å². The van der Waals surface area contributed by atoms with Crippen LogP contribution in [0.25, 0.3) is 0 Å². The third-order valence-corrected chi connectivity index (χ3v) is 2.99. The molecule has 0 aliphatic carbocycles. The van der Waals surface area contributed by atoms with Crippen molar-refractivity contribution >= 4 is 23.5 Å². The van der Waals surface area contributed by atoms with Gasteiger partial charge in [0, 0.05) is 12.7 Å². The lowest BCUT2D eigenvalue weighted by Crippen LogP contribution is -2.25. The number of rotatable bonds is 6. The average Bonchev–Trinajstić information content (AvgIpc) is 2.61. The Morgan fingerprint density at radius 3 is 2.83 bits per heavy atom. The van der Waals surface area contributed by atoms with Crippen LogP contribution in [0.3, 0.4) is 0 Å². The molecule has 0 radical (unpaired) electrons. The van der Waals surface area contributed by atoms with Crippen molar-refractivity contribution in [2.24, 2.45) is 0 Å². The summed E-state index contributed by atoms with van der Waals surface area (Å²) in [6.45, 7) is 6.44. The zero-order valence-corrected chi connectivity index (χ0v) is 12.0. The van der Waals surface area contributed by atoms with Crippen LogP contribution in [-0.4, -0.2) is 32.9 Å². The highest BCUT2D eigenvalue weighted by Crippen LogP contribution is 2.11. The number of nitrogens with zero attached hydrogens (tertiary/aromatic N) is 2. The van der Waals surface area contributed by atoms with Crippen molar-refractivity contribution in [2.45, 2.75) is 39.3 Å². The first-order valence-corrected chi connectivity index (χ1v) is 7.11. The fourth-order valence-electron chi connectivity index (χ4n) is 1.36. The molecule has 102 valence electrons. The number of aromatic nitrogens is 2. The maximum Gasteiger partial charge on any atom is 0.316 e. The standard InChI is InChI=1S/C12H21N3O2S/c1-12(2,3)17-11(16)9-18-8-4-6-15-7-5-10(13)14-15/h5,7H,4,6,8-9H2,1-3H3,(H2,13,14). The fourth-order valence-corrected chi connectivity index (χ4v) is 2.06. The van der Waals surface area contributed by atoms with Gasteiger partial charge in [-0.25, -0.2) is 0 Å². The number of nitrogen functional groups attached to an aromatic ring is 1. The van der Waals surface area contributed by atoms with Crippen LogP contribution in [-0.2, 0) is 16.1 Å². The Kier molecular flexibility index (Phi) is 5.53. The van der Waals surface area contributed by atoms with E-state index in [4.69, 9.17) is 10.5 Å². The summed E-state index contributed by atoms with van der Waals surface area (Å²) in [4.78, 5) is 11.4. The van der Waals surface area contributed by atoms with Gasteiger partial charge < -0.3 is 10.5 Å². The number of carbonyl (C=O) groups excluding carboxylic acids is 1. The number of thioether (sulfide) groups is 1. The second-order valence-corrected chi connectivity index (χ2v) is 6.10. The second-order valence-electron chi connectivity index (χ2n) is 5.00. The number of esters is 1. The summed E-state index contributed by atoms with van der Waals surface area (Å²) in [6.07, 6.45) is 2.81. The summed E-state index contributed by atoms with van der Waals surface area (Å²) in [5.74, 6) is 1.68. The number of ether oxygens (including phenoxy) is 1. The smallest absolute Gasteiger partial charge is 0.316 e. The van der Waals surface area contributed by atoms with E-state index in [1.54, 1.807) is 17.8 Å². The van der Waals surface area contributed by atoms with Gasteiger partial charge in [0.15, 0.2) is 0 Å². The first-order chi connectivity index (χ1) is 8.37. The minimum Gasteiger partial charge on any atom is -0.459 e. The third kappa shape index (κ3) is 6.54. The predicted molar refractivity (Wildman–Crippen MR) is 74.4 cm³/mol. The van der Waals surface area contributed by atoms with Gasteiger partial charge in [0.05, 0.1) is 5.75 Å². The summed E-state index contributed by atoms with van der Waals surface area (Å²) in [5, 5.41) is 4.09. The maximum absolute atomic E-state index is 11.4. The van der Waals surface area contributed by atoms with E-state index in [1.165, 1.54) is 0 Å². The van der Waals surface area contributed by atoms with Gasteiger partial charge in [0.1, 0.15) is 11.4 Å². The average molecular weight is 271 g/mol. The van der Waals surface area contributed by atoms with Crippen LogP contribution < -0.4 is 5.73 Å². The van der Waals surface area contributed by atoms with Crippen molar-refractivity contribution in [3.63, 3.8) is 0 Å². The molecule has 6 heteroatoms.